The minimum Gasteiger partial charge on any atom is -0.354 e. The van der Waals surface area contributed by atoms with Gasteiger partial charge in [0, 0.05) is 28.3 Å². The molecule has 2 N–H and O–H groups in total. The van der Waals surface area contributed by atoms with Crippen LogP contribution in [-0.4, -0.2) is 30.5 Å². The van der Waals surface area contributed by atoms with Crippen molar-refractivity contribution in [2.45, 2.75) is 13.3 Å². The van der Waals surface area contributed by atoms with Crippen molar-refractivity contribution in [3.8, 4) is 9.88 Å². The van der Waals surface area contributed by atoms with Crippen LogP contribution >= 0.6 is 63.4 Å². The lowest BCUT2D eigenvalue weighted by atomic mass is 10.3. The molecule has 0 unspecified atom stereocenters. The largest absolute Gasteiger partial charge is 0.354 e. The van der Waals surface area contributed by atoms with E-state index < -0.39 is 0 Å². The first-order chi connectivity index (χ1) is 9.69. The summed E-state index contributed by atoms with van der Waals surface area (Å²) >= 11 is 6.66. The highest BCUT2D eigenvalue weighted by molar-refractivity contribution is 9.10. The third-order valence-electron chi connectivity index (χ3n) is 2.55. The SMILES string of the molecule is CCNCCNC(=O)Cc1csc(-c2cc(Br)cs2)n1.Cl.Cl. The second-order valence-corrected chi connectivity index (χ2v) is 6.84. The van der Waals surface area contributed by atoms with Gasteiger partial charge in [-0.3, -0.25) is 4.79 Å². The minimum absolute atomic E-state index is 0. The number of aromatic nitrogens is 1. The molecule has 4 nitrogen and oxygen atoms in total. The maximum atomic E-state index is 11.7. The van der Waals surface area contributed by atoms with Crippen molar-refractivity contribution in [3.05, 3.63) is 27.0 Å². The molecule has 2 aromatic heterocycles. The van der Waals surface area contributed by atoms with Gasteiger partial charge in [-0.25, -0.2) is 4.98 Å². The summed E-state index contributed by atoms with van der Waals surface area (Å²) in [6, 6.07) is 2.05. The lowest BCUT2D eigenvalue weighted by Crippen LogP contribution is -2.32. The molecule has 0 spiro atoms. The van der Waals surface area contributed by atoms with E-state index in [0.29, 0.717) is 13.0 Å². The molecule has 2 rings (SSSR count). The number of thiophene rings is 1. The van der Waals surface area contributed by atoms with Crippen molar-refractivity contribution in [1.29, 1.82) is 0 Å². The molecule has 124 valence electrons. The fraction of sp³-hybridized carbons (Fsp3) is 0.385. The number of amides is 1. The number of rotatable bonds is 7. The number of carbonyl (C=O) groups is 1. The number of carbonyl (C=O) groups excluding carboxylic acids is 1. The summed E-state index contributed by atoms with van der Waals surface area (Å²) in [6.45, 7) is 4.42. The predicted molar refractivity (Wildman–Crippen MR) is 103 cm³/mol. The van der Waals surface area contributed by atoms with Gasteiger partial charge in [0.1, 0.15) is 5.01 Å². The lowest BCUT2D eigenvalue weighted by Gasteiger charge is -2.03. The monoisotopic (exact) mass is 445 g/mol. The maximum Gasteiger partial charge on any atom is 0.226 e. The molecule has 22 heavy (non-hydrogen) atoms. The van der Waals surface area contributed by atoms with Crippen LogP contribution in [0.2, 0.25) is 0 Å². The fourth-order valence-electron chi connectivity index (χ4n) is 1.62. The van der Waals surface area contributed by atoms with E-state index in [1.807, 2.05) is 23.8 Å². The fourth-order valence-corrected chi connectivity index (χ4v) is 3.95. The van der Waals surface area contributed by atoms with Crippen LogP contribution in [0.25, 0.3) is 9.88 Å². The van der Waals surface area contributed by atoms with Crippen LogP contribution in [0.15, 0.2) is 21.3 Å². The van der Waals surface area contributed by atoms with Gasteiger partial charge >= 0.3 is 0 Å². The molecule has 0 fully saturated rings. The van der Waals surface area contributed by atoms with Crippen LogP contribution in [0.5, 0.6) is 0 Å². The molecule has 0 aliphatic heterocycles. The summed E-state index contributed by atoms with van der Waals surface area (Å²) in [4.78, 5) is 17.4. The van der Waals surface area contributed by atoms with Crippen LogP contribution in [0.1, 0.15) is 12.6 Å². The number of nitrogens with zero attached hydrogens (tertiary/aromatic N) is 1. The van der Waals surface area contributed by atoms with E-state index in [4.69, 9.17) is 0 Å². The number of nitrogens with one attached hydrogen (secondary N) is 2. The van der Waals surface area contributed by atoms with Crippen LogP contribution < -0.4 is 10.6 Å². The quantitative estimate of drug-likeness (QED) is 0.636. The zero-order chi connectivity index (χ0) is 14.4. The summed E-state index contributed by atoms with van der Waals surface area (Å²) in [7, 11) is 0. The smallest absolute Gasteiger partial charge is 0.226 e. The minimum atomic E-state index is 0. The van der Waals surface area contributed by atoms with E-state index in [0.717, 1.165) is 33.1 Å². The maximum absolute atomic E-state index is 11.7. The second kappa shape index (κ2) is 11.4. The Hall–Kier alpha value is -0.180. The highest BCUT2D eigenvalue weighted by atomic mass is 79.9. The van der Waals surface area contributed by atoms with E-state index in [1.54, 1.807) is 22.7 Å². The summed E-state index contributed by atoms with van der Waals surface area (Å²) in [6.07, 6.45) is 0.342. The molecule has 0 saturated heterocycles. The molecule has 0 atom stereocenters. The van der Waals surface area contributed by atoms with Gasteiger partial charge in [-0.05, 0) is 28.5 Å². The van der Waals surface area contributed by atoms with Gasteiger partial charge in [0.05, 0.1) is 17.0 Å². The third kappa shape index (κ3) is 6.93. The van der Waals surface area contributed by atoms with Gasteiger partial charge in [0.25, 0.3) is 0 Å². The summed E-state index contributed by atoms with van der Waals surface area (Å²) in [5.74, 6) is 0.0205. The Morgan fingerprint density at radius 1 is 1.27 bits per heavy atom. The van der Waals surface area contributed by atoms with Crippen molar-refractivity contribution in [2.75, 3.05) is 19.6 Å². The van der Waals surface area contributed by atoms with Crippen LogP contribution in [-0.2, 0) is 11.2 Å². The molecule has 2 aromatic rings. The molecule has 0 aromatic carbocycles. The highest BCUT2D eigenvalue weighted by Crippen LogP contribution is 2.31. The highest BCUT2D eigenvalue weighted by Gasteiger charge is 2.10. The normalized spacial score (nSPS) is 9.73. The Kier molecular flexibility index (Phi) is 11.3. The summed E-state index contributed by atoms with van der Waals surface area (Å²) in [5, 5.41) is 11.0. The molecule has 0 aliphatic rings. The molecular formula is C13H18BrCl2N3OS2. The van der Waals surface area contributed by atoms with Gasteiger partial charge < -0.3 is 10.6 Å². The van der Waals surface area contributed by atoms with Gasteiger partial charge in [-0.1, -0.05) is 6.92 Å². The van der Waals surface area contributed by atoms with Crippen molar-refractivity contribution in [3.63, 3.8) is 0 Å². The molecular weight excluding hydrogens is 429 g/mol. The Labute approximate surface area is 159 Å². The van der Waals surface area contributed by atoms with Crippen molar-refractivity contribution >= 4 is 69.3 Å². The van der Waals surface area contributed by atoms with E-state index in [-0.39, 0.29) is 30.7 Å². The van der Waals surface area contributed by atoms with Gasteiger partial charge in [0.15, 0.2) is 0 Å². The van der Waals surface area contributed by atoms with E-state index in [1.165, 1.54) is 0 Å². The van der Waals surface area contributed by atoms with Crippen molar-refractivity contribution in [1.82, 2.24) is 15.6 Å². The standard InChI is InChI=1S/C13H16BrN3OS2.2ClH/c1-2-15-3-4-16-12(18)6-10-8-20-13(17-10)11-5-9(14)7-19-11;;/h5,7-8,15H,2-4,6H2,1H3,(H,16,18);2*1H. The average molecular weight is 447 g/mol. The second-order valence-electron chi connectivity index (χ2n) is 4.15. The molecule has 0 bridgehead atoms. The van der Waals surface area contributed by atoms with E-state index in [9.17, 15) is 4.79 Å². The number of halogens is 3. The molecule has 1 amide bonds. The molecule has 0 saturated carbocycles. The Morgan fingerprint density at radius 2 is 2.05 bits per heavy atom. The summed E-state index contributed by atoms with van der Waals surface area (Å²) in [5.41, 5.74) is 0.829. The Balaban J connectivity index is 0.00000220. The number of hydrogen-bond acceptors (Lipinski definition) is 5. The van der Waals surface area contributed by atoms with Crippen LogP contribution in [0.3, 0.4) is 0 Å². The topological polar surface area (TPSA) is 54.0 Å². The summed E-state index contributed by atoms with van der Waals surface area (Å²) < 4.78 is 1.07. The molecule has 2 heterocycles. The average Bonchev–Trinajstić information content (AvgIpc) is 3.04. The first-order valence-electron chi connectivity index (χ1n) is 6.35. The van der Waals surface area contributed by atoms with E-state index >= 15 is 0 Å². The number of likely N-dealkylation sites (N-methyl/N-ethyl adjacent to an activating group) is 1. The van der Waals surface area contributed by atoms with Crippen LogP contribution in [0.4, 0.5) is 0 Å². The molecule has 9 heteroatoms. The molecule has 0 aliphatic carbocycles. The number of thiazole rings is 1. The zero-order valence-electron chi connectivity index (χ0n) is 11.9. The first-order valence-corrected chi connectivity index (χ1v) is 8.90. The van der Waals surface area contributed by atoms with Crippen molar-refractivity contribution in [2.24, 2.45) is 0 Å². The van der Waals surface area contributed by atoms with Gasteiger partial charge in [-0.2, -0.15) is 0 Å². The Bertz CT molecular complexity index is 577. The first kappa shape index (κ1) is 21.8. The van der Waals surface area contributed by atoms with Gasteiger partial charge in [0.2, 0.25) is 5.91 Å². The predicted octanol–water partition coefficient (Wildman–Crippen LogP) is 3.75. The van der Waals surface area contributed by atoms with Crippen LogP contribution in [0, 0.1) is 0 Å². The van der Waals surface area contributed by atoms with Gasteiger partial charge in [-0.15, -0.1) is 47.5 Å². The molecule has 0 radical (unpaired) electrons. The van der Waals surface area contributed by atoms with Crippen molar-refractivity contribution < 1.29 is 4.79 Å². The Morgan fingerprint density at radius 3 is 2.68 bits per heavy atom. The lowest BCUT2D eigenvalue weighted by molar-refractivity contribution is -0.120. The number of hydrogen-bond donors (Lipinski definition) is 2. The third-order valence-corrected chi connectivity index (χ3v) is 5.30. The zero-order valence-corrected chi connectivity index (χ0v) is 16.8. The van der Waals surface area contributed by atoms with E-state index in [2.05, 4.69) is 31.5 Å².